The largest absolute Gasteiger partial charge is 0.378 e. The Morgan fingerprint density at radius 1 is 1.25 bits per heavy atom. The van der Waals surface area contributed by atoms with Crippen molar-refractivity contribution in [2.75, 3.05) is 31.6 Å². The van der Waals surface area contributed by atoms with Gasteiger partial charge in [0, 0.05) is 18.1 Å². The van der Waals surface area contributed by atoms with E-state index in [1.807, 2.05) is 0 Å². The second-order valence-corrected chi connectivity index (χ2v) is 5.19. The Bertz CT molecular complexity index is 516. The van der Waals surface area contributed by atoms with Crippen molar-refractivity contribution in [3.63, 3.8) is 0 Å². The number of anilines is 1. The number of halogens is 2. The first-order valence-corrected chi connectivity index (χ1v) is 6.92. The number of carbonyl (C=O) groups excluding carboxylic acids is 2. The van der Waals surface area contributed by atoms with Gasteiger partial charge in [-0.25, -0.2) is 0 Å². The molecule has 0 bridgehead atoms. The van der Waals surface area contributed by atoms with Gasteiger partial charge in [-0.15, -0.1) is 0 Å². The van der Waals surface area contributed by atoms with E-state index >= 15 is 0 Å². The number of hydrogen-bond acceptors (Lipinski definition) is 3. The number of nitrogens with one attached hydrogen (secondary N) is 1. The third-order valence-electron chi connectivity index (χ3n) is 2.88. The highest BCUT2D eigenvalue weighted by Gasteiger charge is 2.20. The molecule has 1 heterocycles. The summed E-state index contributed by atoms with van der Waals surface area (Å²) >= 11 is 11.8. The predicted octanol–water partition coefficient (Wildman–Crippen LogP) is 2.18. The zero-order valence-electron chi connectivity index (χ0n) is 10.7. The zero-order valence-corrected chi connectivity index (χ0v) is 12.2. The number of nitrogens with zero attached hydrogens (tertiary/aromatic N) is 1. The van der Waals surface area contributed by atoms with Crippen LogP contribution in [0.5, 0.6) is 0 Å². The van der Waals surface area contributed by atoms with Crippen LogP contribution in [0.15, 0.2) is 18.2 Å². The number of amides is 2. The molecule has 20 heavy (non-hydrogen) atoms. The molecule has 2 rings (SSSR count). The molecule has 5 nitrogen and oxygen atoms in total. The van der Waals surface area contributed by atoms with Gasteiger partial charge in [0.1, 0.15) is 6.42 Å². The molecule has 1 aliphatic heterocycles. The van der Waals surface area contributed by atoms with E-state index in [0.29, 0.717) is 42.0 Å². The number of carbonyl (C=O) groups is 2. The van der Waals surface area contributed by atoms with E-state index in [2.05, 4.69) is 5.32 Å². The van der Waals surface area contributed by atoms with Crippen molar-refractivity contribution < 1.29 is 14.3 Å². The molecule has 0 unspecified atom stereocenters. The average Bonchev–Trinajstić information content (AvgIpc) is 2.43. The van der Waals surface area contributed by atoms with Gasteiger partial charge in [-0.3, -0.25) is 9.59 Å². The fraction of sp³-hybridized carbons (Fsp3) is 0.385. The first-order chi connectivity index (χ1) is 9.56. The van der Waals surface area contributed by atoms with E-state index in [1.54, 1.807) is 23.1 Å². The molecule has 1 aromatic rings. The summed E-state index contributed by atoms with van der Waals surface area (Å²) in [4.78, 5) is 25.4. The minimum atomic E-state index is -0.411. The molecule has 1 fully saturated rings. The first-order valence-electron chi connectivity index (χ1n) is 6.16. The van der Waals surface area contributed by atoms with Crippen LogP contribution in [0, 0.1) is 0 Å². The minimum absolute atomic E-state index is 0.219. The van der Waals surface area contributed by atoms with Gasteiger partial charge in [0.15, 0.2) is 0 Å². The van der Waals surface area contributed by atoms with Crippen LogP contribution in [0.3, 0.4) is 0 Å². The lowest BCUT2D eigenvalue weighted by Crippen LogP contribution is -2.41. The Labute approximate surface area is 126 Å². The van der Waals surface area contributed by atoms with Crippen LogP contribution in [0.25, 0.3) is 0 Å². The van der Waals surface area contributed by atoms with Gasteiger partial charge in [-0.1, -0.05) is 23.2 Å². The van der Waals surface area contributed by atoms with Crippen molar-refractivity contribution in [1.29, 1.82) is 0 Å². The summed E-state index contributed by atoms with van der Waals surface area (Å²) in [6.07, 6.45) is -0.219. The summed E-state index contributed by atoms with van der Waals surface area (Å²) in [7, 11) is 0. The van der Waals surface area contributed by atoms with E-state index in [9.17, 15) is 9.59 Å². The van der Waals surface area contributed by atoms with E-state index in [0.717, 1.165) is 0 Å². The van der Waals surface area contributed by atoms with E-state index in [4.69, 9.17) is 27.9 Å². The standard InChI is InChI=1S/C13H14Cl2N2O3/c14-9-1-2-10(15)11(7-9)16-12(18)8-13(19)17-3-5-20-6-4-17/h1-2,7H,3-6,8H2,(H,16,18). The smallest absolute Gasteiger partial charge is 0.233 e. The van der Waals surface area contributed by atoms with Crippen LogP contribution in [-0.4, -0.2) is 43.0 Å². The summed E-state index contributed by atoms with van der Waals surface area (Å²) in [6, 6.07) is 4.75. The van der Waals surface area contributed by atoms with Crippen molar-refractivity contribution in [2.45, 2.75) is 6.42 Å². The van der Waals surface area contributed by atoms with Crippen LogP contribution in [0.1, 0.15) is 6.42 Å². The molecule has 1 saturated heterocycles. The molecule has 1 aliphatic rings. The van der Waals surface area contributed by atoms with Crippen molar-refractivity contribution in [3.05, 3.63) is 28.2 Å². The monoisotopic (exact) mass is 316 g/mol. The maximum atomic E-state index is 11.9. The lowest BCUT2D eigenvalue weighted by Gasteiger charge is -2.26. The maximum absolute atomic E-state index is 11.9. The normalized spacial score (nSPS) is 15.0. The molecule has 1 N–H and O–H groups in total. The summed E-state index contributed by atoms with van der Waals surface area (Å²) < 4.78 is 5.15. The quantitative estimate of drug-likeness (QED) is 0.869. The van der Waals surface area contributed by atoms with Crippen LogP contribution >= 0.6 is 23.2 Å². The van der Waals surface area contributed by atoms with Gasteiger partial charge in [0.2, 0.25) is 11.8 Å². The lowest BCUT2D eigenvalue weighted by atomic mass is 10.2. The number of ether oxygens (including phenoxy) is 1. The van der Waals surface area contributed by atoms with Crippen LogP contribution in [0.2, 0.25) is 10.0 Å². The number of benzene rings is 1. The van der Waals surface area contributed by atoms with Crippen LogP contribution < -0.4 is 5.32 Å². The maximum Gasteiger partial charge on any atom is 0.233 e. The Kier molecular flexibility index (Phi) is 5.23. The van der Waals surface area contributed by atoms with Crippen LogP contribution in [-0.2, 0) is 14.3 Å². The molecule has 0 aliphatic carbocycles. The third kappa shape index (κ3) is 4.10. The average molecular weight is 317 g/mol. The third-order valence-corrected chi connectivity index (χ3v) is 3.44. The highest BCUT2D eigenvalue weighted by atomic mass is 35.5. The summed E-state index contributed by atoms with van der Waals surface area (Å²) in [5.41, 5.74) is 0.402. The fourth-order valence-electron chi connectivity index (χ4n) is 1.85. The molecule has 1 aromatic carbocycles. The fourth-order valence-corrected chi connectivity index (χ4v) is 2.19. The Morgan fingerprint density at radius 2 is 1.95 bits per heavy atom. The van der Waals surface area contributed by atoms with Gasteiger partial charge < -0.3 is 15.0 Å². The van der Waals surface area contributed by atoms with E-state index < -0.39 is 5.91 Å². The van der Waals surface area contributed by atoms with Gasteiger partial charge in [-0.2, -0.15) is 0 Å². The van der Waals surface area contributed by atoms with E-state index in [1.165, 1.54) is 0 Å². The highest BCUT2D eigenvalue weighted by molar-refractivity contribution is 6.35. The second kappa shape index (κ2) is 6.92. The summed E-state index contributed by atoms with van der Waals surface area (Å²) in [6.45, 7) is 2.05. The molecule has 108 valence electrons. The van der Waals surface area contributed by atoms with Gasteiger partial charge >= 0.3 is 0 Å². The molecular weight excluding hydrogens is 303 g/mol. The number of rotatable bonds is 3. The predicted molar refractivity (Wildman–Crippen MR) is 77.1 cm³/mol. The lowest BCUT2D eigenvalue weighted by molar-refractivity contribution is -0.138. The Hall–Kier alpha value is -1.30. The molecule has 2 amide bonds. The molecular formula is C13H14Cl2N2O3. The molecule has 0 radical (unpaired) electrons. The van der Waals surface area contributed by atoms with E-state index in [-0.39, 0.29) is 12.3 Å². The zero-order chi connectivity index (χ0) is 14.5. The second-order valence-electron chi connectivity index (χ2n) is 4.34. The van der Waals surface area contributed by atoms with Gasteiger partial charge in [0.25, 0.3) is 0 Å². The molecule has 0 atom stereocenters. The van der Waals surface area contributed by atoms with Crippen molar-refractivity contribution in [2.24, 2.45) is 0 Å². The highest BCUT2D eigenvalue weighted by Crippen LogP contribution is 2.25. The molecule has 0 aromatic heterocycles. The molecule has 0 saturated carbocycles. The van der Waals surface area contributed by atoms with Crippen molar-refractivity contribution >= 4 is 40.7 Å². The van der Waals surface area contributed by atoms with Gasteiger partial charge in [0.05, 0.1) is 23.9 Å². The molecule has 7 heteroatoms. The Morgan fingerprint density at radius 3 is 2.65 bits per heavy atom. The van der Waals surface area contributed by atoms with Crippen LogP contribution in [0.4, 0.5) is 5.69 Å². The van der Waals surface area contributed by atoms with Gasteiger partial charge in [-0.05, 0) is 18.2 Å². The topological polar surface area (TPSA) is 58.6 Å². The number of morpholine rings is 1. The minimum Gasteiger partial charge on any atom is -0.378 e. The van der Waals surface area contributed by atoms with Crippen molar-refractivity contribution in [3.8, 4) is 0 Å². The Balaban J connectivity index is 1.91. The number of hydrogen-bond donors (Lipinski definition) is 1. The SMILES string of the molecule is O=C(CC(=O)N1CCOCC1)Nc1cc(Cl)ccc1Cl. The first kappa shape index (κ1) is 15.1. The molecule has 0 spiro atoms. The van der Waals surface area contributed by atoms with Crippen molar-refractivity contribution in [1.82, 2.24) is 4.90 Å². The summed E-state index contributed by atoms with van der Waals surface area (Å²) in [5, 5.41) is 3.43. The summed E-state index contributed by atoms with van der Waals surface area (Å²) in [5.74, 6) is -0.630.